The largest absolute Gasteiger partial charge is 0.391 e. The Hall–Kier alpha value is -2.08. The summed E-state index contributed by atoms with van der Waals surface area (Å²) in [5.41, 5.74) is 1.99. The molecule has 0 atom stereocenters. The van der Waals surface area contributed by atoms with Gasteiger partial charge in [-0.3, -0.25) is 5.41 Å². The topological polar surface area (TPSA) is 74.0 Å². The molecule has 1 aliphatic rings. The Bertz CT molecular complexity index is 676. The number of amidine groups is 1. The molecule has 2 N–H and O–H groups in total. The Balaban J connectivity index is 2.58. The summed E-state index contributed by atoms with van der Waals surface area (Å²) in [6.45, 7) is 4.00. The monoisotopic (exact) mass is 307 g/mol. The first-order valence-corrected chi connectivity index (χ1v) is 6.76. The lowest BCUT2D eigenvalue weighted by molar-refractivity contribution is 0.609. The van der Waals surface area contributed by atoms with Crippen LogP contribution >= 0.6 is 11.6 Å². The van der Waals surface area contributed by atoms with Gasteiger partial charge >= 0.3 is 0 Å². The molecule has 0 amide bonds. The van der Waals surface area contributed by atoms with Gasteiger partial charge in [-0.1, -0.05) is 13.8 Å². The highest BCUT2D eigenvalue weighted by Crippen LogP contribution is 2.24. The molecular weight excluding hydrogens is 293 g/mol. The van der Waals surface area contributed by atoms with Gasteiger partial charge in [0.25, 0.3) is 0 Å². The van der Waals surface area contributed by atoms with Gasteiger partial charge < -0.3 is 5.32 Å². The molecule has 0 saturated carbocycles. The van der Waals surface area contributed by atoms with E-state index in [0.29, 0.717) is 11.1 Å². The lowest BCUT2D eigenvalue weighted by atomic mass is 9.98. The van der Waals surface area contributed by atoms with Crippen LogP contribution in [0.4, 0.5) is 4.39 Å². The van der Waals surface area contributed by atoms with Crippen molar-refractivity contribution in [2.24, 2.45) is 10.9 Å². The van der Waals surface area contributed by atoms with E-state index >= 15 is 0 Å². The van der Waals surface area contributed by atoms with Crippen LogP contribution in [0.2, 0.25) is 5.28 Å². The number of dihydropyridines is 1. The maximum Gasteiger partial charge on any atom is 0.223 e. The Morgan fingerprint density at radius 2 is 2.14 bits per heavy atom. The summed E-state index contributed by atoms with van der Waals surface area (Å²) in [5, 5.41) is 11.0. The first-order chi connectivity index (χ1) is 9.93. The zero-order valence-corrected chi connectivity index (χ0v) is 12.7. The summed E-state index contributed by atoms with van der Waals surface area (Å²) in [6, 6.07) is 0. The van der Waals surface area contributed by atoms with Gasteiger partial charge in [-0.05, 0) is 23.6 Å². The first kappa shape index (κ1) is 15.3. The average molecular weight is 308 g/mol. The van der Waals surface area contributed by atoms with Crippen molar-refractivity contribution in [2.75, 3.05) is 7.05 Å². The number of aromatic nitrogens is 2. The van der Waals surface area contributed by atoms with Crippen LogP contribution in [-0.2, 0) is 0 Å². The number of hydrogen-bond acceptors (Lipinski definition) is 4. The third-order valence-corrected chi connectivity index (χ3v) is 3.19. The van der Waals surface area contributed by atoms with E-state index in [1.165, 1.54) is 6.21 Å². The summed E-state index contributed by atoms with van der Waals surface area (Å²) in [6.07, 6.45) is 4.11. The lowest BCUT2D eigenvalue weighted by Crippen LogP contribution is -2.19. The predicted molar refractivity (Wildman–Crippen MR) is 82.1 cm³/mol. The number of halogens is 2. The molecule has 0 spiro atoms. The van der Waals surface area contributed by atoms with Crippen LogP contribution in [0.1, 0.15) is 19.5 Å². The van der Waals surface area contributed by atoms with Crippen molar-refractivity contribution >= 4 is 29.2 Å². The van der Waals surface area contributed by atoms with Gasteiger partial charge in [-0.25, -0.2) is 19.4 Å². The second-order valence-electron chi connectivity index (χ2n) is 4.77. The van der Waals surface area contributed by atoms with E-state index in [4.69, 9.17) is 17.0 Å². The standard InChI is InChI=1S/C14H15ClFN5/c1-7(2)11(18-3)9-4-8(5-19-13(9)17)12-10(16)6-20-14(15)21-12/h4-7,17-18H,1-3H3/b11-9-,17-13?. The minimum atomic E-state index is -0.583. The SMILES string of the molecule is CN/C(=C1/C=C(c2nc(Cl)ncc2F)C=NC1=N)C(C)C. The molecule has 0 saturated heterocycles. The van der Waals surface area contributed by atoms with Crippen LogP contribution in [0.15, 0.2) is 28.5 Å². The van der Waals surface area contributed by atoms with Crippen molar-refractivity contribution in [1.82, 2.24) is 15.3 Å². The highest BCUT2D eigenvalue weighted by molar-refractivity contribution is 6.28. The van der Waals surface area contributed by atoms with Crippen LogP contribution in [0.25, 0.3) is 5.57 Å². The second-order valence-corrected chi connectivity index (χ2v) is 5.11. The number of aliphatic imine (C=N–C) groups is 1. The maximum atomic E-state index is 13.8. The van der Waals surface area contributed by atoms with Crippen LogP contribution < -0.4 is 5.32 Å². The van der Waals surface area contributed by atoms with E-state index < -0.39 is 5.82 Å². The van der Waals surface area contributed by atoms with Gasteiger partial charge in [0.05, 0.1) is 6.20 Å². The first-order valence-electron chi connectivity index (χ1n) is 6.39. The molecule has 110 valence electrons. The van der Waals surface area contributed by atoms with Crippen LogP contribution in [0.3, 0.4) is 0 Å². The molecule has 0 radical (unpaired) electrons. The fraction of sp³-hybridized carbons (Fsp3) is 0.286. The molecule has 0 unspecified atom stereocenters. The zero-order valence-electron chi connectivity index (χ0n) is 11.9. The third kappa shape index (κ3) is 3.16. The fourth-order valence-electron chi connectivity index (χ4n) is 2.08. The van der Waals surface area contributed by atoms with Gasteiger partial charge in [0.2, 0.25) is 5.28 Å². The van der Waals surface area contributed by atoms with Gasteiger partial charge in [0.1, 0.15) is 5.69 Å². The quantitative estimate of drug-likeness (QED) is 0.843. The van der Waals surface area contributed by atoms with Crippen LogP contribution in [-0.4, -0.2) is 29.1 Å². The second kappa shape index (κ2) is 6.13. The van der Waals surface area contributed by atoms with Crippen molar-refractivity contribution < 1.29 is 4.39 Å². The zero-order chi connectivity index (χ0) is 15.6. The Kier molecular flexibility index (Phi) is 4.47. The van der Waals surface area contributed by atoms with E-state index in [2.05, 4.69) is 20.3 Å². The smallest absolute Gasteiger partial charge is 0.223 e. The molecule has 1 aromatic heterocycles. The number of rotatable bonds is 3. The van der Waals surface area contributed by atoms with Crippen molar-refractivity contribution in [1.29, 1.82) is 5.41 Å². The molecule has 0 bridgehead atoms. The van der Waals surface area contributed by atoms with E-state index in [0.717, 1.165) is 11.9 Å². The van der Waals surface area contributed by atoms with Crippen molar-refractivity contribution in [3.05, 3.63) is 40.3 Å². The summed E-state index contributed by atoms with van der Waals surface area (Å²) in [4.78, 5) is 11.5. The number of nitrogens with one attached hydrogen (secondary N) is 2. The normalized spacial score (nSPS) is 17.0. The fourth-order valence-corrected chi connectivity index (χ4v) is 2.22. The van der Waals surface area contributed by atoms with E-state index in [1.54, 1.807) is 13.1 Å². The molecular formula is C14H15ClFN5. The summed E-state index contributed by atoms with van der Waals surface area (Å²) in [7, 11) is 1.78. The molecule has 7 heteroatoms. The highest BCUT2D eigenvalue weighted by Gasteiger charge is 2.19. The van der Waals surface area contributed by atoms with Crippen molar-refractivity contribution in [3.63, 3.8) is 0 Å². The van der Waals surface area contributed by atoms with Gasteiger partial charge in [0.15, 0.2) is 11.7 Å². The highest BCUT2D eigenvalue weighted by atomic mass is 35.5. The van der Waals surface area contributed by atoms with Crippen molar-refractivity contribution in [2.45, 2.75) is 13.8 Å². The summed E-state index contributed by atoms with van der Waals surface area (Å²) in [5.74, 6) is -0.284. The number of nitrogens with zero attached hydrogens (tertiary/aromatic N) is 3. The molecule has 21 heavy (non-hydrogen) atoms. The van der Waals surface area contributed by atoms with E-state index in [9.17, 15) is 4.39 Å². The number of allylic oxidation sites excluding steroid dienone is 2. The van der Waals surface area contributed by atoms with Crippen molar-refractivity contribution in [3.8, 4) is 0 Å². The average Bonchev–Trinajstić information content (AvgIpc) is 2.44. The van der Waals surface area contributed by atoms with E-state index in [-0.39, 0.29) is 22.7 Å². The molecule has 2 rings (SSSR count). The molecule has 2 heterocycles. The molecule has 0 aliphatic carbocycles. The van der Waals surface area contributed by atoms with Gasteiger partial charge in [0, 0.05) is 30.1 Å². The van der Waals surface area contributed by atoms with Crippen LogP contribution in [0.5, 0.6) is 0 Å². The minimum Gasteiger partial charge on any atom is -0.391 e. The minimum absolute atomic E-state index is 0.0374. The van der Waals surface area contributed by atoms with Gasteiger partial charge in [-0.2, -0.15) is 0 Å². The maximum absolute atomic E-state index is 13.8. The molecule has 0 fully saturated rings. The molecule has 1 aliphatic heterocycles. The van der Waals surface area contributed by atoms with Crippen LogP contribution in [0, 0.1) is 17.1 Å². The Labute approximate surface area is 127 Å². The third-order valence-electron chi connectivity index (χ3n) is 3.01. The Morgan fingerprint density at radius 1 is 1.43 bits per heavy atom. The summed E-state index contributed by atoms with van der Waals surface area (Å²) >= 11 is 5.71. The van der Waals surface area contributed by atoms with Gasteiger partial charge in [-0.15, -0.1) is 0 Å². The molecule has 5 nitrogen and oxygen atoms in total. The summed E-state index contributed by atoms with van der Waals surface area (Å²) < 4.78 is 13.8. The molecule has 1 aromatic rings. The number of hydrogen-bond donors (Lipinski definition) is 2. The van der Waals surface area contributed by atoms with E-state index in [1.807, 2.05) is 13.8 Å². The lowest BCUT2D eigenvalue weighted by Gasteiger charge is -2.18. The Morgan fingerprint density at radius 3 is 2.76 bits per heavy atom. The molecule has 0 aromatic carbocycles. The predicted octanol–water partition coefficient (Wildman–Crippen LogP) is 2.84.